The molecule has 0 spiro atoms. The third-order valence-electron chi connectivity index (χ3n) is 4.86. The summed E-state index contributed by atoms with van der Waals surface area (Å²) in [6.07, 6.45) is 3.31. The number of carbonyl (C=O) groups is 1. The van der Waals surface area contributed by atoms with Crippen LogP contribution in [0.4, 0.5) is 5.69 Å². The molecule has 0 aliphatic heterocycles. The van der Waals surface area contributed by atoms with Crippen LogP contribution in [0.5, 0.6) is 0 Å². The van der Waals surface area contributed by atoms with Crippen LogP contribution < -0.4 is 5.32 Å². The molecule has 3 rings (SSSR count). The minimum Gasteiger partial charge on any atom is -0.376 e. The van der Waals surface area contributed by atoms with Crippen molar-refractivity contribution < 1.29 is 4.79 Å². The van der Waals surface area contributed by atoms with Crippen molar-refractivity contribution in [2.75, 3.05) is 18.9 Å². The van der Waals surface area contributed by atoms with Gasteiger partial charge < -0.3 is 10.2 Å². The van der Waals surface area contributed by atoms with Gasteiger partial charge in [0.2, 0.25) is 5.91 Å². The lowest BCUT2D eigenvalue weighted by Crippen LogP contribution is -2.37. The summed E-state index contributed by atoms with van der Waals surface area (Å²) in [5.74, 6) is 0.135. The van der Waals surface area contributed by atoms with E-state index in [2.05, 4.69) is 61.6 Å². The molecule has 1 aliphatic rings. The van der Waals surface area contributed by atoms with Gasteiger partial charge in [0.1, 0.15) is 0 Å². The molecule has 2 aromatic carbocycles. The summed E-state index contributed by atoms with van der Waals surface area (Å²) in [5, 5.41) is 3.28. The predicted molar refractivity (Wildman–Crippen MR) is 99.3 cm³/mol. The van der Waals surface area contributed by atoms with E-state index in [0.717, 1.165) is 24.9 Å². The molecule has 2 aromatic rings. The molecule has 24 heavy (non-hydrogen) atoms. The molecule has 0 bridgehead atoms. The fraction of sp³-hybridized carbons (Fsp3) is 0.381. The molecular formula is C21H26N2O. The lowest BCUT2D eigenvalue weighted by Gasteiger charge is -2.33. The van der Waals surface area contributed by atoms with Crippen molar-refractivity contribution in [1.82, 2.24) is 4.90 Å². The van der Waals surface area contributed by atoms with Crippen molar-refractivity contribution in [2.45, 2.75) is 39.2 Å². The van der Waals surface area contributed by atoms with Gasteiger partial charge in [0.05, 0.1) is 12.6 Å². The van der Waals surface area contributed by atoms with Gasteiger partial charge in [-0.05, 0) is 67.5 Å². The van der Waals surface area contributed by atoms with Crippen LogP contribution in [-0.2, 0) is 11.2 Å². The second-order valence-electron chi connectivity index (χ2n) is 6.84. The van der Waals surface area contributed by atoms with E-state index >= 15 is 0 Å². The van der Waals surface area contributed by atoms with Crippen LogP contribution in [0.1, 0.15) is 41.1 Å². The molecule has 0 saturated heterocycles. The van der Waals surface area contributed by atoms with Gasteiger partial charge in [-0.15, -0.1) is 0 Å². The SMILES string of the molecule is Cc1cc(C)cc(NCC(=O)N(C)C2CCCc3ccccc32)c1. The van der Waals surface area contributed by atoms with Gasteiger partial charge in [-0.2, -0.15) is 0 Å². The maximum atomic E-state index is 12.7. The average molecular weight is 322 g/mol. The fourth-order valence-electron chi connectivity index (χ4n) is 3.68. The normalized spacial score (nSPS) is 16.4. The number of fused-ring (bicyclic) bond motifs is 1. The molecular weight excluding hydrogens is 296 g/mol. The van der Waals surface area contributed by atoms with Crippen molar-refractivity contribution in [3.05, 3.63) is 64.7 Å². The van der Waals surface area contributed by atoms with Gasteiger partial charge in [-0.25, -0.2) is 0 Å². The monoisotopic (exact) mass is 322 g/mol. The lowest BCUT2D eigenvalue weighted by atomic mass is 9.87. The standard InChI is InChI=1S/C21H26N2O/c1-15-11-16(2)13-18(12-15)22-14-21(24)23(3)20-10-6-8-17-7-4-5-9-19(17)20/h4-5,7,9,11-13,20,22H,6,8,10,14H2,1-3H3. The van der Waals surface area contributed by atoms with Crippen molar-refractivity contribution in [2.24, 2.45) is 0 Å². The number of carbonyl (C=O) groups excluding carboxylic acids is 1. The molecule has 126 valence electrons. The summed E-state index contributed by atoms with van der Waals surface area (Å²) in [5.41, 5.74) is 6.12. The van der Waals surface area contributed by atoms with Crippen LogP contribution in [0, 0.1) is 13.8 Å². The molecule has 0 fully saturated rings. The van der Waals surface area contributed by atoms with E-state index in [1.807, 2.05) is 11.9 Å². The van der Waals surface area contributed by atoms with Crippen LogP contribution in [0.15, 0.2) is 42.5 Å². The average Bonchev–Trinajstić information content (AvgIpc) is 2.57. The number of hydrogen-bond donors (Lipinski definition) is 1. The highest BCUT2D eigenvalue weighted by Crippen LogP contribution is 2.33. The second-order valence-corrected chi connectivity index (χ2v) is 6.84. The number of nitrogens with one attached hydrogen (secondary N) is 1. The second kappa shape index (κ2) is 7.08. The number of rotatable bonds is 4. The number of nitrogens with zero attached hydrogens (tertiary/aromatic N) is 1. The summed E-state index contributed by atoms with van der Waals surface area (Å²) >= 11 is 0. The molecule has 1 N–H and O–H groups in total. The number of amides is 1. The Morgan fingerprint density at radius 2 is 1.88 bits per heavy atom. The molecule has 0 radical (unpaired) electrons. The first-order valence-corrected chi connectivity index (χ1v) is 8.70. The molecule has 1 atom stereocenters. The largest absolute Gasteiger partial charge is 0.376 e. The van der Waals surface area contributed by atoms with Crippen molar-refractivity contribution in [3.8, 4) is 0 Å². The molecule has 0 saturated carbocycles. The van der Waals surface area contributed by atoms with Crippen LogP contribution in [0.2, 0.25) is 0 Å². The molecule has 3 nitrogen and oxygen atoms in total. The van der Waals surface area contributed by atoms with E-state index in [9.17, 15) is 4.79 Å². The zero-order valence-corrected chi connectivity index (χ0v) is 14.8. The van der Waals surface area contributed by atoms with Gasteiger partial charge in [0.15, 0.2) is 0 Å². The maximum absolute atomic E-state index is 12.7. The zero-order valence-electron chi connectivity index (χ0n) is 14.8. The van der Waals surface area contributed by atoms with Crippen LogP contribution in [0.3, 0.4) is 0 Å². The molecule has 1 aliphatic carbocycles. The topological polar surface area (TPSA) is 32.3 Å². The van der Waals surface area contributed by atoms with E-state index in [-0.39, 0.29) is 11.9 Å². The Hall–Kier alpha value is -2.29. The molecule has 1 unspecified atom stereocenters. The third kappa shape index (κ3) is 3.61. The minimum atomic E-state index is 0.135. The summed E-state index contributed by atoms with van der Waals surface area (Å²) in [4.78, 5) is 14.6. The molecule has 3 heteroatoms. The Morgan fingerprint density at radius 3 is 2.62 bits per heavy atom. The lowest BCUT2D eigenvalue weighted by molar-refractivity contribution is -0.130. The third-order valence-corrected chi connectivity index (χ3v) is 4.86. The minimum absolute atomic E-state index is 0.135. The van der Waals surface area contributed by atoms with Crippen molar-refractivity contribution in [3.63, 3.8) is 0 Å². The highest BCUT2D eigenvalue weighted by atomic mass is 16.2. The Morgan fingerprint density at radius 1 is 1.17 bits per heavy atom. The number of likely N-dealkylation sites (N-methyl/N-ethyl adjacent to an activating group) is 1. The van der Waals surface area contributed by atoms with E-state index in [4.69, 9.17) is 0 Å². The summed E-state index contributed by atoms with van der Waals surface area (Å²) in [6, 6.07) is 15.0. The van der Waals surface area contributed by atoms with Gasteiger partial charge in [-0.1, -0.05) is 30.3 Å². The van der Waals surface area contributed by atoms with E-state index in [1.54, 1.807) is 0 Å². The molecule has 1 amide bonds. The van der Waals surface area contributed by atoms with Crippen molar-refractivity contribution in [1.29, 1.82) is 0 Å². The number of aryl methyl sites for hydroxylation is 3. The Bertz CT molecular complexity index is 718. The number of hydrogen-bond acceptors (Lipinski definition) is 2. The van der Waals surface area contributed by atoms with Gasteiger partial charge >= 0.3 is 0 Å². The van der Waals surface area contributed by atoms with Crippen LogP contribution in [-0.4, -0.2) is 24.4 Å². The highest BCUT2D eigenvalue weighted by molar-refractivity contribution is 5.81. The maximum Gasteiger partial charge on any atom is 0.242 e. The zero-order chi connectivity index (χ0) is 17.1. The van der Waals surface area contributed by atoms with Crippen LogP contribution >= 0.6 is 0 Å². The first-order valence-electron chi connectivity index (χ1n) is 8.70. The summed E-state index contributed by atoms with van der Waals surface area (Å²) in [6.45, 7) is 4.48. The fourth-order valence-corrected chi connectivity index (χ4v) is 3.68. The first-order chi connectivity index (χ1) is 11.5. The first kappa shape index (κ1) is 16.6. The van der Waals surface area contributed by atoms with Gasteiger partial charge in [0, 0.05) is 12.7 Å². The smallest absolute Gasteiger partial charge is 0.242 e. The predicted octanol–water partition coefficient (Wildman–Crippen LogP) is 4.25. The van der Waals surface area contributed by atoms with E-state index in [1.165, 1.54) is 22.3 Å². The molecule has 0 aromatic heterocycles. The van der Waals surface area contributed by atoms with Crippen LogP contribution in [0.25, 0.3) is 0 Å². The quantitative estimate of drug-likeness (QED) is 0.912. The molecule has 0 heterocycles. The Kier molecular flexibility index (Phi) is 4.89. The Balaban J connectivity index is 1.67. The number of anilines is 1. The van der Waals surface area contributed by atoms with Gasteiger partial charge in [0.25, 0.3) is 0 Å². The highest BCUT2D eigenvalue weighted by Gasteiger charge is 2.26. The summed E-state index contributed by atoms with van der Waals surface area (Å²) in [7, 11) is 1.93. The number of benzene rings is 2. The van der Waals surface area contributed by atoms with Gasteiger partial charge in [-0.3, -0.25) is 4.79 Å². The van der Waals surface area contributed by atoms with E-state index in [0.29, 0.717) is 6.54 Å². The van der Waals surface area contributed by atoms with Crippen molar-refractivity contribution >= 4 is 11.6 Å². The Labute approximate surface area is 144 Å². The van der Waals surface area contributed by atoms with E-state index < -0.39 is 0 Å². The summed E-state index contributed by atoms with van der Waals surface area (Å²) < 4.78 is 0.